The van der Waals surface area contributed by atoms with Gasteiger partial charge in [-0.05, 0) is 43.3 Å². The van der Waals surface area contributed by atoms with Crippen LogP contribution >= 0.6 is 22.7 Å². The van der Waals surface area contributed by atoms with Gasteiger partial charge in [-0.25, -0.2) is 9.97 Å². The minimum absolute atomic E-state index is 0.00371. The van der Waals surface area contributed by atoms with Gasteiger partial charge in [0.15, 0.2) is 0 Å². The molecule has 1 amide bonds. The van der Waals surface area contributed by atoms with Gasteiger partial charge in [-0.2, -0.15) is 11.3 Å². The van der Waals surface area contributed by atoms with Crippen LogP contribution in [0.15, 0.2) is 41.1 Å². The predicted molar refractivity (Wildman–Crippen MR) is 109 cm³/mol. The Balaban J connectivity index is 1.47. The third-order valence-corrected chi connectivity index (χ3v) is 6.87. The Bertz CT molecular complexity index is 1080. The van der Waals surface area contributed by atoms with E-state index in [1.807, 2.05) is 47.5 Å². The number of nitrogens with one attached hydrogen (secondary N) is 1. The molecule has 136 valence electrons. The first kappa shape index (κ1) is 16.6. The maximum absolute atomic E-state index is 13.3. The molecule has 5 rings (SSSR count). The molecule has 27 heavy (non-hydrogen) atoms. The molecule has 0 bridgehead atoms. The number of nitrogens with zero attached hydrogens (tertiary/aromatic N) is 3. The van der Waals surface area contributed by atoms with Crippen LogP contribution < -0.4 is 0 Å². The van der Waals surface area contributed by atoms with E-state index in [9.17, 15) is 4.79 Å². The van der Waals surface area contributed by atoms with Crippen LogP contribution in [0.25, 0.3) is 21.6 Å². The summed E-state index contributed by atoms with van der Waals surface area (Å²) in [5.41, 5.74) is 3.85. The van der Waals surface area contributed by atoms with Gasteiger partial charge in [0, 0.05) is 17.5 Å². The van der Waals surface area contributed by atoms with Crippen LogP contribution in [0.1, 0.15) is 40.1 Å². The fourth-order valence-electron chi connectivity index (χ4n) is 3.66. The van der Waals surface area contributed by atoms with Crippen molar-refractivity contribution < 1.29 is 4.79 Å². The quantitative estimate of drug-likeness (QED) is 0.530. The lowest BCUT2D eigenvalue weighted by atomic mass is 10.2. The molecule has 0 radical (unpaired) electrons. The van der Waals surface area contributed by atoms with Gasteiger partial charge in [-0.15, -0.1) is 11.3 Å². The maximum atomic E-state index is 13.3. The van der Waals surface area contributed by atoms with Crippen LogP contribution in [0.3, 0.4) is 0 Å². The second-order valence-corrected chi connectivity index (χ2v) is 8.52. The molecule has 0 saturated carbocycles. The minimum Gasteiger partial charge on any atom is -0.340 e. The summed E-state index contributed by atoms with van der Waals surface area (Å²) in [5, 5.41) is 5.02. The average molecular weight is 395 g/mol. The average Bonchev–Trinajstić information content (AvgIpc) is 3.45. The van der Waals surface area contributed by atoms with E-state index in [2.05, 4.69) is 15.3 Å². The number of carbonyl (C=O) groups is 1. The molecule has 7 heteroatoms. The van der Waals surface area contributed by atoms with E-state index < -0.39 is 0 Å². The standard InChI is InChI=1S/C20H18N4OS2/c1-12-17(27-19(21-12)13-8-10-26-11-13)20(25)24-9-4-7-16(24)18-22-14-5-2-3-6-15(14)23-18/h2-3,5-6,8,10-11,16H,4,7,9H2,1H3,(H,22,23)/t16-/m0/s1. The van der Waals surface area contributed by atoms with E-state index in [4.69, 9.17) is 4.98 Å². The molecule has 4 aromatic rings. The first-order chi connectivity index (χ1) is 13.2. The largest absolute Gasteiger partial charge is 0.340 e. The van der Waals surface area contributed by atoms with E-state index in [-0.39, 0.29) is 11.9 Å². The summed E-state index contributed by atoms with van der Waals surface area (Å²) in [4.78, 5) is 28.8. The summed E-state index contributed by atoms with van der Waals surface area (Å²) >= 11 is 3.13. The number of benzene rings is 1. The number of hydrogen-bond donors (Lipinski definition) is 1. The number of rotatable bonds is 3. The van der Waals surface area contributed by atoms with Crippen LogP contribution in [0.5, 0.6) is 0 Å². The maximum Gasteiger partial charge on any atom is 0.266 e. The van der Waals surface area contributed by atoms with Gasteiger partial charge >= 0.3 is 0 Å². The number of para-hydroxylation sites is 2. The lowest BCUT2D eigenvalue weighted by Gasteiger charge is -2.22. The molecule has 1 aromatic carbocycles. The number of amides is 1. The zero-order valence-electron chi connectivity index (χ0n) is 14.8. The number of thiophene rings is 1. The molecule has 0 spiro atoms. The van der Waals surface area contributed by atoms with Gasteiger partial charge in [0.2, 0.25) is 0 Å². The summed E-state index contributed by atoms with van der Waals surface area (Å²) < 4.78 is 0. The molecular formula is C20H18N4OS2. The molecule has 0 aliphatic carbocycles. The summed E-state index contributed by atoms with van der Waals surface area (Å²) in [6, 6.07) is 10.0. The van der Waals surface area contributed by atoms with E-state index in [1.54, 1.807) is 11.3 Å². The number of thiazole rings is 1. The SMILES string of the molecule is Cc1nc(-c2ccsc2)sc1C(=O)N1CCC[C@H]1c1nc2ccccc2[nH]1. The van der Waals surface area contributed by atoms with Crippen molar-refractivity contribution in [3.63, 3.8) is 0 Å². The van der Waals surface area contributed by atoms with E-state index >= 15 is 0 Å². The number of fused-ring (bicyclic) bond motifs is 1. The van der Waals surface area contributed by atoms with Crippen molar-refractivity contribution in [1.82, 2.24) is 19.9 Å². The molecule has 1 aliphatic heterocycles. The number of imidazole rings is 1. The van der Waals surface area contributed by atoms with Crippen LogP contribution in [0.2, 0.25) is 0 Å². The van der Waals surface area contributed by atoms with Crippen molar-refractivity contribution in [3.8, 4) is 10.6 Å². The highest BCUT2D eigenvalue weighted by molar-refractivity contribution is 7.17. The first-order valence-corrected chi connectivity index (χ1v) is 10.7. The van der Waals surface area contributed by atoms with Crippen molar-refractivity contribution in [2.45, 2.75) is 25.8 Å². The molecule has 1 saturated heterocycles. The lowest BCUT2D eigenvalue weighted by Crippen LogP contribution is -2.31. The van der Waals surface area contributed by atoms with Crippen molar-refractivity contribution in [3.05, 3.63) is 57.5 Å². The lowest BCUT2D eigenvalue weighted by molar-refractivity contribution is 0.0734. The van der Waals surface area contributed by atoms with Crippen molar-refractivity contribution in [2.24, 2.45) is 0 Å². The van der Waals surface area contributed by atoms with Gasteiger partial charge in [-0.1, -0.05) is 12.1 Å². The van der Waals surface area contributed by atoms with E-state index in [1.165, 1.54) is 11.3 Å². The fourth-order valence-corrected chi connectivity index (χ4v) is 5.39. The molecule has 3 aromatic heterocycles. The summed E-state index contributed by atoms with van der Waals surface area (Å²) in [7, 11) is 0. The number of aryl methyl sites for hydroxylation is 1. The topological polar surface area (TPSA) is 61.9 Å². The molecular weight excluding hydrogens is 376 g/mol. The van der Waals surface area contributed by atoms with E-state index in [0.717, 1.165) is 57.4 Å². The highest BCUT2D eigenvalue weighted by atomic mass is 32.1. The van der Waals surface area contributed by atoms with Crippen LogP contribution in [-0.2, 0) is 0 Å². The summed E-state index contributed by atoms with van der Waals surface area (Å²) in [5.74, 6) is 0.941. The van der Waals surface area contributed by atoms with Crippen molar-refractivity contribution in [2.75, 3.05) is 6.54 Å². The minimum atomic E-state index is -0.00371. The van der Waals surface area contributed by atoms with Crippen molar-refractivity contribution in [1.29, 1.82) is 0 Å². The number of carbonyl (C=O) groups excluding carboxylic acids is 1. The Morgan fingerprint density at radius 2 is 2.15 bits per heavy atom. The third kappa shape index (κ3) is 2.87. The Labute approximate surface area is 164 Å². The molecule has 0 unspecified atom stereocenters. The van der Waals surface area contributed by atoms with Gasteiger partial charge in [0.25, 0.3) is 5.91 Å². The van der Waals surface area contributed by atoms with Crippen LogP contribution in [0.4, 0.5) is 0 Å². The zero-order chi connectivity index (χ0) is 18.4. The van der Waals surface area contributed by atoms with Crippen molar-refractivity contribution >= 4 is 39.6 Å². The molecule has 1 aliphatic rings. The number of hydrogen-bond acceptors (Lipinski definition) is 5. The van der Waals surface area contributed by atoms with Gasteiger partial charge in [0.1, 0.15) is 15.7 Å². The van der Waals surface area contributed by atoms with Crippen LogP contribution in [-0.4, -0.2) is 32.3 Å². The second kappa shape index (κ2) is 6.58. The Hall–Kier alpha value is -2.51. The smallest absolute Gasteiger partial charge is 0.266 e. The number of aromatic amines is 1. The Kier molecular flexibility index (Phi) is 4.06. The fraction of sp³-hybridized carbons (Fsp3) is 0.250. The number of aromatic nitrogens is 3. The number of H-pyrrole nitrogens is 1. The number of likely N-dealkylation sites (tertiary alicyclic amines) is 1. The normalized spacial score (nSPS) is 17.1. The second-order valence-electron chi connectivity index (χ2n) is 6.74. The summed E-state index contributed by atoms with van der Waals surface area (Å²) in [6.07, 6.45) is 1.92. The molecule has 1 fully saturated rings. The zero-order valence-corrected chi connectivity index (χ0v) is 16.4. The van der Waals surface area contributed by atoms with Gasteiger partial charge in [-0.3, -0.25) is 4.79 Å². The van der Waals surface area contributed by atoms with Gasteiger partial charge < -0.3 is 9.88 Å². The highest BCUT2D eigenvalue weighted by Gasteiger charge is 2.34. The third-order valence-electron chi connectivity index (χ3n) is 5.00. The van der Waals surface area contributed by atoms with E-state index in [0.29, 0.717) is 0 Å². The molecule has 5 nitrogen and oxygen atoms in total. The Morgan fingerprint density at radius 3 is 2.96 bits per heavy atom. The molecule has 1 atom stereocenters. The summed E-state index contributed by atoms with van der Waals surface area (Å²) in [6.45, 7) is 2.68. The predicted octanol–water partition coefficient (Wildman–Crippen LogP) is 5.03. The monoisotopic (exact) mass is 394 g/mol. The molecule has 1 N–H and O–H groups in total. The Morgan fingerprint density at radius 1 is 1.26 bits per heavy atom. The highest BCUT2D eigenvalue weighted by Crippen LogP contribution is 2.36. The first-order valence-electron chi connectivity index (χ1n) is 8.96. The van der Waals surface area contributed by atoms with Gasteiger partial charge in [0.05, 0.1) is 22.8 Å². The van der Waals surface area contributed by atoms with Crippen LogP contribution in [0, 0.1) is 6.92 Å². The molecule has 4 heterocycles.